The SMILES string of the molecule is CC1(C)CNc2cc(C(=O)CNCc3ccco3)ccc2O1. The number of furan rings is 1. The van der Waals surface area contributed by atoms with E-state index in [4.69, 9.17) is 9.15 Å². The van der Waals surface area contributed by atoms with Gasteiger partial charge in [-0.25, -0.2) is 0 Å². The van der Waals surface area contributed by atoms with Crippen LogP contribution in [0.25, 0.3) is 0 Å². The maximum absolute atomic E-state index is 12.2. The smallest absolute Gasteiger partial charge is 0.176 e. The van der Waals surface area contributed by atoms with Crippen LogP contribution in [0.4, 0.5) is 5.69 Å². The molecular weight excluding hydrogens is 280 g/mol. The number of nitrogens with one attached hydrogen (secondary N) is 2. The molecule has 0 saturated heterocycles. The molecule has 5 nitrogen and oxygen atoms in total. The van der Waals surface area contributed by atoms with Crippen LogP contribution in [-0.2, 0) is 6.54 Å². The highest BCUT2D eigenvalue weighted by molar-refractivity contribution is 5.98. The van der Waals surface area contributed by atoms with Gasteiger partial charge in [-0.15, -0.1) is 0 Å². The van der Waals surface area contributed by atoms with E-state index in [1.54, 1.807) is 12.3 Å². The molecule has 116 valence electrons. The summed E-state index contributed by atoms with van der Waals surface area (Å²) in [5.41, 5.74) is 1.31. The molecule has 0 aliphatic carbocycles. The van der Waals surface area contributed by atoms with E-state index in [1.807, 2.05) is 38.1 Å². The van der Waals surface area contributed by atoms with Crippen LogP contribution in [0.1, 0.15) is 30.0 Å². The minimum absolute atomic E-state index is 0.0426. The molecule has 0 spiro atoms. The number of rotatable bonds is 5. The summed E-state index contributed by atoms with van der Waals surface area (Å²) >= 11 is 0. The fourth-order valence-corrected chi connectivity index (χ4v) is 2.39. The third kappa shape index (κ3) is 3.31. The standard InChI is InChI=1S/C17H20N2O3/c1-17(2)11-19-14-8-12(5-6-16(14)22-17)15(20)10-18-9-13-4-3-7-21-13/h3-8,18-19H,9-11H2,1-2H3. The Labute approximate surface area is 129 Å². The predicted octanol–water partition coefficient (Wildman–Crippen LogP) is 2.84. The van der Waals surface area contributed by atoms with Crippen molar-refractivity contribution in [1.82, 2.24) is 5.32 Å². The zero-order valence-electron chi connectivity index (χ0n) is 12.8. The molecule has 0 saturated carbocycles. The molecule has 0 unspecified atom stereocenters. The number of ether oxygens (including phenoxy) is 1. The topological polar surface area (TPSA) is 63.5 Å². The third-order valence-electron chi connectivity index (χ3n) is 3.56. The molecule has 1 aromatic heterocycles. The van der Waals surface area contributed by atoms with Gasteiger partial charge in [-0.05, 0) is 44.2 Å². The Bertz CT molecular complexity index is 663. The fraction of sp³-hybridized carbons (Fsp3) is 0.353. The van der Waals surface area contributed by atoms with E-state index in [0.29, 0.717) is 18.7 Å². The van der Waals surface area contributed by atoms with Crippen LogP contribution in [0.3, 0.4) is 0 Å². The number of carbonyl (C=O) groups excluding carboxylic acids is 1. The molecular formula is C17H20N2O3. The summed E-state index contributed by atoms with van der Waals surface area (Å²) in [5, 5.41) is 6.40. The molecule has 5 heteroatoms. The van der Waals surface area contributed by atoms with E-state index in [1.165, 1.54) is 0 Å². The lowest BCUT2D eigenvalue weighted by Crippen LogP contribution is -2.40. The largest absolute Gasteiger partial charge is 0.484 e. The summed E-state index contributed by atoms with van der Waals surface area (Å²) in [6.45, 7) is 5.58. The van der Waals surface area contributed by atoms with Gasteiger partial charge in [0.15, 0.2) is 5.78 Å². The van der Waals surface area contributed by atoms with Crippen molar-refractivity contribution in [3.8, 4) is 5.75 Å². The van der Waals surface area contributed by atoms with Crippen LogP contribution in [0.5, 0.6) is 5.75 Å². The van der Waals surface area contributed by atoms with Crippen molar-refractivity contribution in [2.45, 2.75) is 26.0 Å². The first-order valence-corrected chi connectivity index (χ1v) is 7.37. The monoisotopic (exact) mass is 300 g/mol. The minimum Gasteiger partial charge on any atom is -0.484 e. The highest BCUT2D eigenvalue weighted by Gasteiger charge is 2.26. The Morgan fingerprint density at radius 2 is 2.23 bits per heavy atom. The average Bonchev–Trinajstić information content (AvgIpc) is 2.99. The number of hydrogen-bond acceptors (Lipinski definition) is 5. The molecule has 0 radical (unpaired) electrons. The molecule has 2 aromatic rings. The summed E-state index contributed by atoms with van der Waals surface area (Å²) in [6.07, 6.45) is 1.62. The Kier molecular flexibility index (Phi) is 3.90. The van der Waals surface area contributed by atoms with Crippen LogP contribution in [0, 0.1) is 0 Å². The number of carbonyl (C=O) groups is 1. The van der Waals surface area contributed by atoms with Gasteiger partial charge in [-0.2, -0.15) is 0 Å². The van der Waals surface area contributed by atoms with Crippen molar-refractivity contribution in [2.24, 2.45) is 0 Å². The van der Waals surface area contributed by atoms with Crippen molar-refractivity contribution in [3.63, 3.8) is 0 Å². The molecule has 1 aliphatic heterocycles. The quantitative estimate of drug-likeness (QED) is 0.831. The van der Waals surface area contributed by atoms with Crippen molar-refractivity contribution >= 4 is 11.5 Å². The Morgan fingerprint density at radius 1 is 1.36 bits per heavy atom. The van der Waals surface area contributed by atoms with Gasteiger partial charge in [0.2, 0.25) is 0 Å². The number of anilines is 1. The number of hydrogen-bond donors (Lipinski definition) is 2. The van der Waals surface area contributed by atoms with Gasteiger partial charge in [0.25, 0.3) is 0 Å². The van der Waals surface area contributed by atoms with Crippen LogP contribution in [-0.4, -0.2) is 24.5 Å². The van der Waals surface area contributed by atoms with Crippen LogP contribution >= 0.6 is 0 Å². The highest BCUT2D eigenvalue weighted by atomic mass is 16.5. The lowest BCUT2D eigenvalue weighted by atomic mass is 10.0. The Balaban J connectivity index is 1.61. The zero-order valence-corrected chi connectivity index (χ0v) is 12.8. The molecule has 3 rings (SSSR count). The Morgan fingerprint density at radius 3 is 3.00 bits per heavy atom. The molecule has 2 heterocycles. The molecule has 22 heavy (non-hydrogen) atoms. The highest BCUT2D eigenvalue weighted by Crippen LogP contribution is 2.33. The summed E-state index contributed by atoms with van der Waals surface area (Å²) in [5.74, 6) is 1.65. The second kappa shape index (κ2) is 5.85. The third-order valence-corrected chi connectivity index (χ3v) is 3.56. The zero-order chi connectivity index (χ0) is 15.6. The van der Waals surface area contributed by atoms with E-state index in [0.717, 1.165) is 17.2 Å². The molecule has 0 atom stereocenters. The maximum Gasteiger partial charge on any atom is 0.176 e. The van der Waals surface area contributed by atoms with E-state index >= 15 is 0 Å². The molecule has 0 fully saturated rings. The van der Waals surface area contributed by atoms with Gasteiger partial charge in [0.05, 0.1) is 31.6 Å². The van der Waals surface area contributed by atoms with Crippen molar-refractivity contribution in [2.75, 3.05) is 18.4 Å². The van der Waals surface area contributed by atoms with Crippen LogP contribution < -0.4 is 15.4 Å². The number of ketones is 1. The van der Waals surface area contributed by atoms with Crippen molar-refractivity contribution in [1.29, 1.82) is 0 Å². The first-order chi connectivity index (χ1) is 10.5. The van der Waals surface area contributed by atoms with E-state index in [2.05, 4.69) is 10.6 Å². The second-order valence-corrected chi connectivity index (χ2v) is 6.03. The van der Waals surface area contributed by atoms with Gasteiger partial charge in [0.1, 0.15) is 17.1 Å². The first-order valence-electron chi connectivity index (χ1n) is 7.37. The summed E-state index contributed by atoms with van der Waals surface area (Å²) in [6, 6.07) is 9.21. The molecule has 2 N–H and O–H groups in total. The van der Waals surface area contributed by atoms with Gasteiger partial charge >= 0.3 is 0 Å². The lowest BCUT2D eigenvalue weighted by molar-refractivity contribution is 0.0990. The van der Waals surface area contributed by atoms with E-state index < -0.39 is 0 Å². The summed E-state index contributed by atoms with van der Waals surface area (Å²) < 4.78 is 11.1. The van der Waals surface area contributed by atoms with Gasteiger partial charge in [0, 0.05) is 5.56 Å². The van der Waals surface area contributed by atoms with Gasteiger partial charge < -0.3 is 19.8 Å². The molecule has 1 aliphatic rings. The molecule has 1 aromatic carbocycles. The molecule has 0 amide bonds. The summed E-state index contributed by atoms with van der Waals surface area (Å²) in [7, 11) is 0. The normalized spacial score (nSPS) is 15.5. The van der Waals surface area contributed by atoms with E-state index in [-0.39, 0.29) is 17.9 Å². The maximum atomic E-state index is 12.2. The van der Waals surface area contributed by atoms with Gasteiger partial charge in [-0.3, -0.25) is 4.79 Å². The fourth-order valence-electron chi connectivity index (χ4n) is 2.39. The number of benzene rings is 1. The second-order valence-electron chi connectivity index (χ2n) is 6.03. The molecule has 0 bridgehead atoms. The lowest BCUT2D eigenvalue weighted by Gasteiger charge is -2.33. The Hall–Kier alpha value is -2.27. The summed E-state index contributed by atoms with van der Waals surface area (Å²) in [4.78, 5) is 12.2. The van der Waals surface area contributed by atoms with Crippen molar-refractivity contribution in [3.05, 3.63) is 47.9 Å². The number of Topliss-reactive ketones (excluding diaryl/α,β-unsaturated/α-hetero) is 1. The first kappa shape index (κ1) is 14.7. The van der Waals surface area contributed by atoms with Crippen molar-refractivity contribution < 1.29 is 13.9 Å². The number of fused-ring (bicyclic) bond motifs is 1. The average molecular weight is 300 g/mol. The van der Waals surface area contributed by atoms with Gasteiger partial charge in [-0.1, -0.05) is 0 Å². The van der Waals surface area contributed by atoms with Crippen LogP contribution in [0.15, 0.2) is 41.0 Å². The van der Waals surface area contributed by atoms with Crippen LogP contribution in [0.2, 0.25) is 0 Å². The van der Waals surface area contributed by atoms with E-state index in [9.17, 15) is 4.79 Å². The minimum atomic E-state index is -0.233. The predicted molar refractivity (Wildman–Crippen MR) is 84.4 cm³/mol.